The second-order valence-electron chi connectivity index (χ2n) is 4.23. The highest BCUT2D eigenvalue weighted by atomic mass is 16.5. The van der Waals surface area contributed by atoms with Crippen molar-refractivity contribution in [2.75, 3.05) is 6.61 Å². The quantitative estimate of drug-likeness (QED) is 0.786. The summed E-state index contributed by atoms with van der Waals surface area (Å²) in [7, 11) is 0. The molecule has 1 unspecified atom stereocenters. The lowest BCUT2D eigenvalue weighted by atomic mass is 10.2. The van der Waals surface area contributed by atoms with E-state index in [0.29, 0.717) is 24.7 Å². The predicted octanol–water partition coefficient (Wildman–Crippen LogP) is 1.52. The van der Waals surface area contributed by atoms with Gasteiger partial charge in [-0.3, -0.25) is 0 Å². The molecule has 2 atom stereocenters. The second-order valence-corrected chi connectivity index (χ2v) is 4.23. The summed E-state index contributed by atoms with van der Waals surface area (Å²) in [4.78, 5) is 11.3. The molecule has 7 nitrogen and oxygen atoms in total. The lowest BCUT2D eigenvalue weighted by Gasteiger charge is -2.09. The summed E-state index contributed by atoms with van der Waals surface area (Å²) in [6.07, 6.45) is 4.58. The van der Waals surface area contributed by atoms with E-state index in [1.807, 2.05) is 13.8 Å². The van der Waals surface area contributed by atoms with Crippen molar-refractivity contribution in [3.8, 4) is 0 Å². The molecule has 0 aromatic carbocycles. The van der Waals surface area contributed by atoms with Gasteiger partial charge in [0.25, 0.3) is 0 Å². The number of H-pyrrole nitrogens is 1. The number of nitrogens with two attached hydrogens (primary N) is 1. The van der Waals surface area contributed by atoms with Crippen LogP contribution >= 0.6 is 0 Å². The van der Waals surface area contributed by atoms with E-state index in [0.717, 1.165) is 12.1 Å². The number of ether oxygens (including phenoxy) is 1. The molecule has 104 valence electrons. The van der Waals surface area contributed by atoms with Crippen LogP contribution in [0.4, 0.5) is 0 Å². The number of hydrogen-bond donors (Lipinski definition) is 2. The Morgan fingerprint density at radius 1 is 1.47 bits per heavy atom. The van der Waals surface area contributed by atoms with Gasteiger partial charge >= 0.3 is 0 Å². The first-order valence-electron chi connectivity index (χ1n) is 6.42. The molecular weight excluding hydrogens is 246 g/mol. The fourth-order valence-corrected chi connectivity index (χ4v) is 1.83. The maximum atomic E-state index is 6.03. The first-order chi connectivity index (χ1) is 9.24. The Balaban J connectivity index is 2.03. The lowest BCUT2D eigenvalue weighted by molar-refractivity contribution is 0.0518. The monoisotopic (exact) mass is 265 g/mol. The van der Waals surface area contributed by atoms with Crippen molar-refractivity contribution in [2.24, 2.45) is 5.73 Å². The normalized spacial score (nSPS) is 14.5. The molecule has 0 bridgehead atoms. The standard InChI is InChI=1S/C12H19N5O2/c1-3-10(18-4-2)11-16-12(19-17-11)9(13)5-8-6-14-7-15-8/h6-7,9-10H,3-5,13H2,1-2H3,(H,14,15)/t9-,10?/m1/s1. The van der Waals surface area contributed by atoms with Gasteiger partial charge in [-0.15, -0.1) is 0 Å². The molecule has 0 aliphatic carbocycles. The molecule has 19 heavy (non-hydrogen) atoms. The van der Waals surface area contributed by atoms with E-state index in [9.17, 15) is 0 Å². The summed E-state index contributed by atoms with van der Waals surface area (Å²) in [6.45, 7) is 4.57. The number of aromatic nitrogens is 4. The third-order valence-electron chi connectivity index (χ3n) is 2.80. The Morgan fingerprint density at radius 2 is 2.32 bits per heavy atom. The molecule has 0 aliphatic heterocycles. The average molecular weight is 265 g/mol. The Labute approximate surface area is 111 Å². The summed E-state index contributed by atoms with van der Waals surface area (Å²) in [5.74, 6) is 0.974. The molecular formula is C12H19N5O2. The number of imidazole rings is 1. The Kier molecular flexibility index (Phi) is 4.64. The highest BCUT2D eigenvalue weighted by Crippen LogP contribution is 2.20. The van der Waals surface area contributed by atoms with E-state index in [1.54, 1.807) is 12.5 Å². The van der Waals surface area contributed by atoms with Crippen LogP contribution in [0.3, 0.4) is 0 Å². The van der Waals surface area contributed by atoms with Gasteiger partial charge in [0.05, 0.1) is 12.4 Å². The molecule has 2 aromatic rings. The lowest BCUT2D eigenvalue weighted by Crippen LogP contribution is -2.14. The molecule has 0 amide bonds. The van der Waals surface area contributed by atoms with Crippen LogP contribution < -0.4 is 5.73 Å². The number of nitrogens with zero attached hydrogens (tertiary/aromatic N) is 3. The highest BCUT2D eigenvalue weighted by molar-refractivity contribution is 5.02. The maximum absolute atomic E-state index is 6.03. The average Bonchev–Trinajstić information content (AvgIpc) is 3.06. The van der Waals surface area contributed by atoms with Crippen LogP contribution in [0.15, 0.2) is 17.0 Å². The van der Waals surface area contributed by atoms with Gasteiger partial charge in [-0.25, -0.2) is 4.98 Å². The Morgan fingerprint density at radius 3 is 2.95 bits per heavy atom. The van der Waals surface area contributed by atoms with Crippen molar-refractivity contribution in [1.29, 1.82) is 0 Å². The third-order valence-corrected chi connectivity index (χ3v) is 2.80. The highest BCUT2D eigenvalue weighted by Gasteiger charge is 2.20. The molecule has 0 spiro atoms. The number of aromatic amines is 1. The van der Waals surface area contributed by atoms with Crippen LogP contribution in [0, 0.1) is 0 Å². The Bertz CT molecular complexity index is 482. The van der Waals surface area contributed by atoms with Crippen LogP contribution in [0.5, 0.6) is 0 Å². The molecule has 2 aromatic heterocycles. The van der Waals surface area contributed by atoms with Crippen LogP contribution in [0.2, 0.25) is 0 Å². The zero-order valence-electron chi connectivity index (χ0n) is 11.2. The van der Waals surface area contributed by atoms with Crippen molar-refractivity contribution in [3.05, 3.63) is 29.9 Å². The van der Waals surface area contributed by atoms with Crippen LogP contribution in [-0.4, -0.2) is 26.7 Å². The third kappa shape index (κ3) is 3.39. The van der Waals surface area contributed by atoms with Crippen molar-refractivity contribution < 1.29 is 9.26 Å². The first-order valence-corrected chi connectivity index (χ1v) is 6.42. The zero-order valence-corrected chi connectivity index (χ0v) is 11.2. The van der Waals surface area contributed by atoms with Gasteiger partial charge in [-0.05, 0) is 13.3 Å². The SMILES string of the molecule is CCOC(CC)c1noc([C@H](N)Cc2cnc[nH]2)n1. The topological polar surface area (TPSA) is 103 Å². The Hall–Kier alpha value is -1.73. The smallest absolute Gasteiger partial charge is 0.244 e. The van der Waals surface area contributed by atoms with Gasteiger partial charge in [0.1, 0.15) is 6.10 Å². The maximum Gasteiger partial charge on any atom is 0.244 e. The van der Waals surface area contributed by atoms with E-state index in [4.69, 9.17) is 15.0 Å². The minimum atomic E-state index is -0.346. The van der Waals surface area contributed by atoms with Gasteiger partial charge in [-0.2, -0.15) is 4.98 Å². The van der Waals surface area contributed by atoms with E-state index in [2.05, 4.69) is 20.1 Å². The molecule has 0 saturated carbocycles. The summed E-state index contributed by atoms with van der Waals surface area (Å²) < 4.78 is 10.7. The zero-order chi connectivity index (χ0) is 13.7. The fourth-order valence-electron chi connectivity index (χ4n) is 1.83. The van der Waals surface area contributed by atoms with E-state index in [-0.39, 0.29) is 12.1 Å². The van der Waals surface area contributed by atoms with E-state index < -0.39 is 0 Å². The van der Waals surface area contributed by atoms with Crippen LogP contribution in [0.1, 0.15) is 49.8 Å². The van der Waals surface area contributed by atoms with E-state index >= 15 is 0 Å². The molecule has 2 heterocycles. The van der Waals surface area contributed by atoms with Crippen molar-refractivity contribution in [3.63, 3.8) is 0 Å². The van der Waals surface area contributed by atoms with Crippen LogP contribution in [-0.2, 0) is 11.2 Å². The summed E-state index contributed by atoms with van der Waals surface area (Å²) in [6, 6.07) is -0.346. The van der Waals surface area contributed by atoms with E-state index in [1.165, 1.54) is 0 Å². The molecule has 2 rings (SSSR count). The number of hydrogen-bond acceptors (Lipinski definition) is 6. The molecule has 0 aliphatic rings. The van der Waals surface area contributed by atoms with Crippen molar-refractivity contribution >= 4 is 0 Å². The molecule has 0 saturated heterocycles. The van der Waals surface area contributed by atoms with Crippen molar-refractivity contribution in [2.45, 2.75) is 38.8 Å². The minimum Gasteiger partial charge on any atom is -0.370 e. The first kappa shape index (κ1) is 13.7. The number of nitrogens with one attached hydrogen (secondary N) is 1. The fraction of sp³-hybridized carbons (Fsp3) is 0.583. The second kappa shape index (κ2) is 6.44. The largest absolute Gasteiger partial charge is 0.370 e. The van der Waals surface area contributed by atoms with Crippen LogP contribution in [0.25, 0.3) is 0 Å². The van der Waals surface area contributed by atoms with Gasteiger partial charge < -0.3 is 20.0 Å². The van der Waals surface area contributed by atoms with Gasteiger partial charge in [0.2, 0.25) is 11.7 Å². The summed E-state index contributed by atoms with van der Waals surface area (Å²) in [5, 5.41) is 3.94. The predicted molar refractivity (Wildman–Crippen MR) is 68.2 cm³/mol. The molecule has 3 N–H and O–H groups in total. The van der Waals surface area contributed by atoms with Gasteiger partial charge in [0.15, 0.2) is 0 Å². The van der Waals surface area contributed by atoms with Gasteiger partial charge in [-0.1, -0.05) is 12.1 Å². The molecule has 7 heteroatoms. The van der Waals surface area contributed by atoms with Crippen molar-refractivity contribution in [1.82, 2.24) is 20.1 Å². The summed E-state index contributed by atoms with van der Waals surface area (Å²) in [5.41, 5.74) is 6.96. The molecule has 0 radical (unpaired) electrons. The van der Waals surface area contributed by atoms with Gasteiger partial charge in [0, 0.05) is 24.9 Å². The summed E-state index contributed by atoms with van der Waals surface area (Å²) >= 11 is 0. The minimum absolute atomic E-state index is 0.137. The molecule has 0 fully saturated rings. The number of rotatable bonds is 7.